The van der Waals surface area contributed by atoms with Gasteiger partial charge in [-0.2, -0.15) is 0 Å². The molecular formula is C18H15NO2S. The van der Waals surface area contributed by atoms with Gasteiger partial charge in [-0.15, -0.1) is 11.3 Å². The number of carbonyl (C=O) groups is 1. The summed E-state index contributed by atoms with van der Waals surface area (Å²) in [5, 5.41) is 9.83. The predicted octanol–water partition coefficient (Wildman–Crippen LogP) is 4.78. The van der Waals surface area contributed by atoms with Crippen LogP contribution in [0.15, 0.2) is 36.4 Å². The van der Waals surface area contributed by atoms with Gasteiger partial charge in [0, 0.05) is 0 Å². The van der Waals surface area contributed by atoms with Crippen molar-refractivity contribution in [3.05, 3.63) is 63.7 Å². The number of aromatic nitrogens is 1. The van der Waals surface area contributed by atoms with Crippen LogP contribution in [-0.2, 0) is 0 Å². The van der Waals surface area contributed by atoms with Crippen LogP contribution in [0.2, 0.25) is 0 Å². The van der Waals surface area contributed by atoms with E-state index in [1.165, 1.54) is 15.8 Å². The van der Waals surface area contributed by atoms with E-state index in [1.54, 1.807) is 35.6 Å². The Balaban J connectivity index is 1.87. The minimum Gasteiger partial charge on any atom is -0.478 e. The monoisotopic (exact) mass is 309 g/mol. The fourth-order valence-electron chi connectivity index (χ4n) is 2.17. The van der Waals surface area contributed by atoms with Crippen LogP contribution >= 0.6 is 11.3 Å². The molecule has 0 spiro atoms. The van der Waals surface area contributed by atoms with E-state index in [-0.39, 0.29) is 0 Å². The van der Waals surface area contributed by atoms with E-state index in [4.69, 9.17) is 5.11 Å². The van der Waals surface area contributed by atoms with Gasteiger partial charge in [-0.05, 0) is 60.9 Å². The van der Waals surface area contributed by atoms with Crippen LogP contribution in [0.1, 0.15) is 32.1 Å². The Morgan fingerprint density at radius 1 is 1.09 bits per heavy atom. The Kier molecular flexibility index (Phi) is 3.77. The molecule has 0 aliphatic carbocycles. The molecule has 110 valence electrons. The molecule has 4 heteroatoms. The number of nitrogens with zero attached hydrogens (tertiary/aromatic N) is 1. The van der Waals surface area contributed by atoms with Gasteiger partial charge in [0.15, 0.2) is 0 Å². The standard InChI is InChI=1S/C18H15NO2S/c1-11-9-15-16(10-12(11)2)22-17(19-15)8-5-13-3-6-14(7-4-13)18(20)21/h3-10H,1-2H3,(H,20,21)/b8-5+. The smallest absolute Gasteiger partial charge is 0.335 e. The number of benzene rings is 2. The molecule has 0 aliphatic heterocycles. The molecule has 0 radical (unpaired) electrons. The molecule has 0 saturated carbocycles. The summed E-state index contributed by atoms with van der Waals surface area (Å²) in [4.78, 5) is 15.4. The predicted molar refractivity (Wildman–Crippen MR) is 91.4 cm³/mol. The molecule has 3 rings (SSSR count). The molecule has 0 bridgehead atoms. The van der Waals surface area contributed by atoms with Gasteiger partial charge >= 0.3 is 5.97 Å². The molecule has 0 fully saturated rings. The number of aromatic carboxylic acids is 1. The summed E-state index contributed by atoms with van der Waals surface area (Å²) in [6.07, 6.45) is 3.91. The normalized spacial score (nSPS) is 11.4. The zero-order valence-corrected chi connectivity index (χ0v) is 13.1. The highest BCUT2D eigenvalue weighted by Crippen LogP contribution is 2.26. The lowest BCUT2D eigenvalue weighted by Gasteiger charge is -1.96. The minimum atomic E-state index is -0.910. The SMILES string of the molecule is Cc1cc2nc(/C=C/c3ccc(C(=O)O)cc3)sc2cc1C. The van der Waals surface area contributed by atoms with Gasteiger partial charge in [0.25, 0.3) is 0 Å². The second-order valence-electron chi connectivity index (χ2n) is 5.22. The molecular weight excluding hydrogens is 294 g/mol. The van der Waals surface area contributed by atoms with Crippen molar-refractivity contribution in [2.24, 2.45) is 0 Å². The van der Waals surface area contributed by atoms with Crippen molar-refractivity contribution < 1.29 is 9.90 Å². The molecule has 0 saturated heterocycles. The number of aryl methyl sites for hydroxylation is 2. The maximum Gasteiger partial charge on any atom is 0.335 e. The third-order valence-electron chi connectivity index (χ3n) is 3.60. The Morgan fingerprint density at radius 3 is 2.45 bits per heavy atom. The second kappa shape index (κ2) is 5.73. The number of hydrogen-bond acceptors (Lipinski definition) is 3. The molecule has 3 nitrogen and oxygen atoms in total. The highest BCUT2D eigenvalue weighted by atomic mass is 32.1. The van der Waals surface area contributed by atoms with Crippen molar-refractivity contribution in [1.82, 2.24) is 4.98 Å². The molecule has 0 aliphatic rings. The zero-order chi connectivity index (χ0) is 15.7. The van der Waals surface area contributed by atoms with Gasteiger partial charge in [-0.3, -0.25) is 0 Å². The minimum absolute atomic E-state index is 0.295. The maximum absolute atomic E-state index is 10.8. The highest BCUT2D eigenvalue weighted by Gasteiger charge is 2.04. The van der Waals surface area contributed by atoms with Crippen LogP contribution in [0, 0.1) is 13.8 Å². The molecule has 1 heterocycles. The molecule has 3 aromatic rings. The first kappa shape index (κ1) is 14.5. The largest absolute Gasteiger partial charge is 0.478 e. The van der Waals surface area contributed by atoms with Crippen molar-refractivity contribution in [2.45, 2.75) is 13.8 Å². The van der Waals surface area contributed by atoms with Gasteiger partial charge < -0.3 is 5.11 Å². The van der Waals surface area contributed by atoms with E-state index in [0.29, 0.717) is 5.56 Å². The number of fused-ring (bicyclic) bond motifs is 1. The third kappa shape index (κ3) is 2.92. The Hall–Kier alpha value is -2.46. The summed E-state index contributed by atoms with van der Waals surface area (Å²) in [6.45, 7) is 4.20. The Bertz CT molecular complexity index is 837. The molecule has 0 atom stereocenters. The number of carboxylic acids is 1. The topological polar surface area (TPSA) is 50.2 Å². The lowest BCUT2D eigenvalue weighted by molar-refractivity contribution is 0.0697. The number of hydrogen-bond donors (Lipinski definition) is 1. The average Bonchev–Trinajstić information content (AvgIpc) is 2.88. The quantitative estimate of drug-likeness (QED) is 0.757. The summed E-state index contributed by atoms with van der Waals surface area (Å²) in [7, 11) is 0. The first-order chi connectivity index (χ1) is 10.5. The highest BCUT2D eigenvalue weighted by molar-refractivity contribution is 7.19. The third-order valence-corrected chi connectivity index (χ3v) is 4.58. The fourth-order valence-corrected chi connectivity index (χ4v) is 3.12. The fraction of sp³-hybridized carbons (Fsp3) is 0.111. The van der Waals surface area contributed by atoms with E-state index in [9.17, 15) is 4.79 Å². The lowest BCUT2D eigenvalue weighted by Crippen LogP contribution is -1.94. The van der Waals surface area contributed by atoms with Gasteiger partial charge in [-0.1, -0.05) is 18.2 Å². The summed E-state index contributed by atoms with van der Waals surface area (Å²) < 4.78 is 1.18. The average molecular weight is 309 g/mol. The van der Waals surface area contributed by atoms with E-state index in [1.807, 2.05) is 12.2 Å². The van der Waals surface area contributed by atoms with Crippen LogP contribution in [0.5, 0.6) is 0 Å². The van der Waals surface area contributed by atoms with Gasteiger partial charge in [0.2, 0.25) is 0 Å². The van der Waals surface area contributed by atoms with Crippen LogP contribution in [0.3, 0.4) is 0 Å². The van der Waals surface area contributed by atoms with Crippen molar-refractivity contribution in [3.63, 3.8) is 0 Å². The summed E-state index contributed by atoms with van der Waals surface area (Å²) >= 11 is 1.66. The molecule has 1 aromatic heterocycles. The first-order valence-corrected chi connectivity index (χ1v) is 7.74. The molecule has 22 heavy (non-hydrogen) atoms. The van der Waals surface area contributed by atoms with E-state index >= 15 is 0 Å². The molecule has 1 N–H and O–H groups in total. The Morgan fingerprint density at radius 2 is 1.77 bits per heavy atom. The van der Waals surface area contributed by atoms with Crippen LogP contribution in [-0.4, -0.2) is 16.1 Å². The molecule has 0 unspecified atom stereocenters. The van der Waals surface area contributed by atoms with Crippen LogP contribution in [0.4, 0.5) is 0 Å². The molecule has 0 amide bonds. The Labute approximate surface area is 132 Å². The van der Waals surface area contributed by atoms with Crippen molar-refractivity contribution in [3.8, 4) is 0 Å². The number of thiazole rings is 1. The van der Waals surface area contributed by atoms with Crippen molar-refractivity contribution >= 4 is 39.7 Å². The van der Waals surface area contributed by atoms with Crippen molar-refractivity contribution in [1.29, 1.82) is 0 Å². The lowest BCUT2D eigenvalue weighted by atomic mass is 10.1. The van der Waals surface area contributed by atoms with Crippen LogP contribution < -0.4 is 0 Å². The van der Waals surface area contributed by atoms with Gasteiger partial charge in [-0.25, -0.2) is 9.78 Å². The van der Waals surface area contributed by atoms with Gasteiger partial charge in [0.1, 0.15) is 5.01 Å². The summed E-state index contributed by atoms with van der Waals surface area (Å²) in [6, 6.07) is 11.1. The number of carboxylic acid groups (broad SMARTS) is 1. The van der Waals surface area contributed by atoms with E-state index in [2.05, 4.69) is 31.0 Å². The van der Waals surface area contributed by atoms with E-state index in [0.717, 1.165) is 16.1 Å². The van der Waals surface area contributed by atoms with Crippen LogP contribution in [0.25, 0.3) is 22.4 Å². The summed E-state index contributed by atoms with van der Waals surface area (Å²) in [5.41, 5.74) is 4.79. The first-order valence-electron chi connectivity index (χ1n) is 6.92. The zero-order valence-electron chi connectivity index (χ0n) is 12.3. The van der Waals surface area contributed by atoms with Gasteiger partial charge in [0.05, 0.1) is 15.8 Å². The van der Waals surface area contributed by atoms with Crippen molar-refractivity contribution in [2.75, 3.05) is 0 Å². The van der Waals surface area contributed by atoms with E-state index < -0.39 is 5.97 Å². The molecule has 2 aromatic carbocycles. The number of rotatable bonds is 3. The maximum atomic E-state index is 10.8. The second-order valence-corrected chi connectivity index (χ2v) is 6.28. The summed E-state index contributed by atoms with van der Waals surface area (Å²) in [5.74, 6) is -0.910.